The minimum absolute atomic E-state index is 0.0871. The molecule has 0 saturated carbocycles. The van der Waals surface area contributed by atoms with Gasteiger partial charge in [-0.2, -0.15) is 0 Å². The number of benzene rings is 2. The zero-order valence-electron chi connectivity index (χ0n) is 23.0. The predicted octanol–water partition coefficient (Wildman–Crippen LogP) is -0.955. The molecule has 12 nitrogen and oxygen atoms in total. The van der Waals surface area contributed by atoms with Crippen molar-refractivity contribution in [1.82, 2.24) is 16.0 Å². The molecule has 0 radical (unpaired) electrons. The lowest BCUT2D eigenvalue weighted by Crippen LogP contribution is -2.59. The minimum Gasteiger partial charge on any atom is -0.481 e. The number of hydrogen-bond donors (Lipinski definition) is 6. The predicted molar refractivity (Wildman–Crippen MR) is 149 cm³/mol. The minimum atomic E-state index is -1.28. The Morgan fingerprint density at radius 3 is 1.83 bits per heavy atom. The van der Waals surface area contributed by atoms with E-state index in [0.717, 1.165) is 11.1 Å². The molecule has 2 heterocycles. The zero-order valence-corrected chi connectivity index (χ0v) is 23.0. The first-order valence-corrected chi connectivity index (χ1v) is 13.4. The summed E-state index contributed by atoms with van der Waals surface area (Å²) >= 11 is 0. The zero-order chi connectivity index (χ0) is 29.8. The Morgan fingerprint density at radius 1 is 0.829 bits per heavy atom. The van der Waals surface area contributed by atoms with Gasteiger partial charge in [-0.3, -0.25) is 19.2 Å². The number of amides is 3. The summed E-state index contributed by atoms with van der Waals surface area (Å²) in [7, 11) is -2.31. The lowest BCUT2D eigenvalue weighted by molar-refractivity contribution is -0.137. The Labute approximate surface area is 238 Å². The first-order chi connectivity index (χ1) is 19.4. The van der Waals surface area contributed by atoms with Crippen molar-refractivity contribution in [2.75, 3.05) is 0 Å². The first kappa shape index (κ1) is 30.3. The van der Waals surface area contributed by atoms with E-state index >= 15 is 0 Å². The molecule has 2 aromatic rings. The molecule has 0 aromatic heterocycles. The van der Waals surface area contributed by atoms with E-state index in [2.05, 4.69) is 16.0 Å². The molecule has 3 unspecified atom stereocenters. The second-order valence-electron chi connectivity index (χ2n) is 10.8. The standard InChI is InChI=1S/C27H33B2N3O9/c1-14(2)8-20(11-23(33)34)31-27(37)24(32-26(36)17-5-7-19-13-41-29(39)22(19)10-17)15(3)30-25(35)16-4-6-18-12-40-28(38)21(18)9-16/h4-7,9-10,14-15,20,24,38-39H,8,11-13H2,1-3H3,(H,30,35)(H,31,37)(H,32,36)(H,33,34). The third-order valence-electron chi connectivity index (χ3n) is 7.09. The van der Waals surface area contributed by atoms with Crippen molar-refractivity contribution in [2.24, 2.45) is 5.92 Å². The summed E-state index contributed by atoms with van der Waals surface area (Å²) in [4.78, 5) is 51.3. The fourth-order valence-electron chi connectivity index (χ4n) is 4.99. The molecule has 0 saturated heterocycles. The van der Waals surface area contributed by atoms with E-state index in [1.807, 2.05) is 13.8 Å². The molecule has 14 heteroatoms. The van der Waals surface area contributed by atoms with Crippen LogP contribution in [0.2, 0.25) is 0 Å². The summed E-state index contributed by atoms with van der Waals surface area (Å²) in [6.45, 7) is 5.77. The maximum absolute atomic E-state index is 13.5. The molecule has 2 aromatic carbocycles. The Morgan fingerprint density at radius 2 is 1.34 bits per heavy atom. The van der Waals surface area contributed by atoms with Crippen LogP contribution in [0.3, 0.4) is 0 Å². The number of hydrogen-bond acceptors (Lipinski definition) is 8. The van der Waals surface area contributed by atoms with Crippen molar-refractivity contribution in [3.05, 3.63) is 58.7 Å². The Balaban J connectivity index is 1.55. The molecule has 0 bridgehead atoms. The number of carbonyl (C=O) groups excluding carboxylic acids is 3. The summed E-state index contributed by atoms with van der Waals surface area (Å²) in [6.07, 6.45) is 0.0786. The van der Waals surface area contributed by atoms with Gasteiger partial charge in [-0.15, -0.1) is 0 Å². The molecule has 3 amide bonds. The number of rotatable bonds is 11. The third-order valence-corrected chi connectivity index (χ3v) is 7.09. The van der Waals surface area contributed by atoms with E-state index in [1.165, 1.54) is 18.2 Å². The normalized spacial score (nSPS) is 16.0. The molecule has 3 atom stereocenters. The molecule has 4 rings (SSSR count). The van der Waals surface area contributed by atoms with Crippen LogP contribution in [0, 0.1) is 5.92 Å². The van der Waals surface area contributed by atoms with Crippen molar-refractivity contribution in [3.63, 3.8) is 0 Å². The molecular weight excluding hydrogens is 532 g/mol. The number of carbonyl (C=O) groups is 4. The maximum atomic E-state index is 13.5. The fourth-order valence-corrected chi connectivity index (χ4v) is 4.99. The number of nitrogens with one attached hydrogen (secondary N) is 3. The van der Waals surface area contributed by atoms with Crippen molar-refractivity contribution >= 4 is 48.9 Å². The lowest BCUT2D eigenvalue weighted by Gasteiger charge is -2.28. The highest BCUT2D eigenvalue weighted by Gasteiger charge is 2.33. The highest BCUT2D eigenvalue weighted by atomic mass is 16.5. The lowest BCUT2D eigenvalue weighted by atomic mass is 9.78. The second kappa shape index (κ2) is 12.9. The van der Waals surface area contributed by atoms with Crippen LogP contribution in [0.4, 0.5) is 0 Å². The average Bonchev–Trinajstić information content (AvgIpc) is 3.47. The molecule has 2 aliphatic heterocycles. The second-order valence-corrected chi connectivity index (χ2v) is 10.8. The molecule has 216 valence electrons. The summed E-state index contributed by atoms with van der Waals surface area (Å²) in [5.74, 6) is -2.85. The summed E-state index contributed by atoms with van der Waals surface area (Å²) in [6, 6.07) is 6.49. The van der Waals surface area contributed by atoms with Gasteiger partial charge in [0.25, 0.3) is 11.8 Å². The van der Waals surface area contributed by atoms with Gasteiger partial charge in [0.1, 0.15) is 6.04 Å². The van der Waals surface area contributed by atoms with Crippen molar-refractivity contribution in [1.29, 1.82) is 0 Å². The monoisotopic (exact) mass is 565 g/mol. The van der Waals surface area contributed by atoms with Crippen LogP contribution in [-0.4, -0.2) is 71.2 Å². The van der Waals surface area contributed by atoms with Gasteiger partial charge in [0.05, 0.1) is 25.7 Å². The van der Waals surface area contributed by atoms with Crippen LogP contribution in [0.5, 0.6) is 0 Å². The van der Waals surface area contributed by atoms with E-state index in [-0.39, 0.29) is 36.7 Å². The highest BCUT2D eigenvalue weighted by molar-refractivity contribution is 6.62. The van der Waals surface area contributed by atoms with E-state index in [1.54, 1.807) is 25.1 Å². The van der Waals surface area contributed by atoms with Crippen LogP contribution < -0.4 is 26.9 Å². The van der Waals surface area contributed by atoms with Gasteiger partial charge in [-0.25, -0.2) is 0 Å². The van der Waals surface area contributed by atoms with Crippen LogP contribution in [0.15, 0.2) is 36.4 Å². The van der Waals surface area contributed by atoms with Gasteiger partial charge in [-0.1, -0.05) is 26.0 Å². The topological polar surface area (TPSA) is 184 Å². The van der Waals surface area contributed by atoms with Crippen molar-refractivity contribution < 1.29 is 43.6 Å². The van der Waals surface area contributed by atoms with E-state index < -0.39 is 56.1 Å². The molecule has 0 aliphatic carbocycles. The fraction of sp³-hybridized carbons (Fsp3) is 0.407. The third kappa shape index (κ3) is 7.33. The number of carboxylic acids is 1. The Bertz CT molecular complexity index is 1340. The van der Waals surface area contributed by atoms with Crippen LogP contribution in [0.25, 0.3) is 0 Å². The molecule has 0 fully saturated rings. The average molecular weight is 565 g/mol. The molecule has 6 N–H and O–H groups in total. The summed E-state index contributed by atoms with van der Waals surface area (Å²) in [5, 5.41) is 37.5. The van der Waals surface area contributed by atoms with Crippen molar-refractivity contribution in [3.8, 4) is 0 Å². The van der Waals surface area contributed by atoms with Crippen LogP contribution >= 0.6 is 0 Å². The van der Waals surface area contributed by atoms with Gasteiger partial charge in [-0.05, 0) is 65.6 Å². The Kier molecular flexibility index (Phi) is 9.49. The van der Waals surface area contributed by atoms with Gasteiger partial charge < -0.3 is 40.4 Å². The molecular formula is C27H33B2N3O9. The van der Waals surface area contributed by atoms with Gasteiger partial charge in [0.15, 0.2) is 0 Å². The number of carboxylic acid groups (broad SMARTS) is 1. The molecule has 0 spiro atoms. The number of aliphatic carboxylic acids is 1. The van der Waals surface area contributed by atoms with E-state index in [9.17, 15) is 34.3 Å². The van der Waals surface area contributed by atoms with Gasteiger partial charge >= 0.3 is 20.2 Å². The van der Waals surface area contributed by atoms with Crippen LogP contribution in [0.1, 0.15) is 65.5 Å². The van der Waals surface area contributed by atoms with Crippen molar-refractivity contribution in [2.45, 2.75) is 65.0 Å². The summed E-state index contributed by atoms with van der Waals surface area (Å²) in [5.41, 5.74) is 2.80. The largest absolute Gasteiger partial charge is 0.491 e. The molecule has 41 heavy (non-hydrogen) atoms. The van der Waals surface area contributed by atoms with E-state index in [4.69, 9.17) is 9.31 Å². The molecule has 2 aliphatic rings. The SMILES string of the molecule is CC(C)CC(CC(=O)O)NC(=O)C(NC(=O)c1ccc2c(c1)B(O)OC2)C(C)NC(=O)c1ccc2c(c1)B(O)OC2. The summed E-state index contributed by atoms with van der Waals surface area (Å²) < 4.78 is 10.4. The van der Waals surface area contributed by atoms with Crippen LogP contribution in [-0.2, 0) is 32.1 Å². The first-order valence-electron chi connectivity index (χ1n) is 13.4. The maximum Gasteiger partial charge on any atom is 0.491 e. The smallest absolute Gasteiger partial charge is 0.481 e. The highest BCUT2D eigenvalue weighted by Crippen LogP contribution is 2.14. The van der Waals surface area contributed by atoms with E-state index in [0.29, 0.717) is 17.3 Å². The quantitative estimate of drug-likeness (QED) is 0.187. The van der Waals surface area contributed by atoms with Gasteiger partial charge in [0.2, 0.25) is 5.91 Å². The number of fused-ring (bicyclic) bond motifs is 2. The van der Waals surface area contributed by atoms with Gasteiger partial charge in [0, 0.05) is 17.2 Å². The Hall–Kier alpha value is -3.71.